The molecule has 0 spiro atoms. The van der Waals surface area contributed by atoms with Gasteiger partial charge in [-0.3, -0.25) is 0 Å². The maximum atomic E-state index is 9.07. The summed E-state index contributed by atoms with van der Waals surface area (Å²) in [7, 11) is 0. The van der Waals surface area contributed by atoms with E-state index in [2.05, 4.69) is 36.9 Å². The Morgan fingerprint density at radius 2 is 1.24 bits per heavy atom. The highest BCUT2D eigenvalue weighted by Gasteiger charge is 2.15. The third kappa shape index (κ3) is 2.34. The highest BCUT2D eigenvalue weighted by molar-refractivity contribution is 6.18. The van der Waals surface area contributed by atoms with Gasteiger partial charge in [-0.05, 0) is 44.8 Å². The van der Waals surface area contributed by atoms with Crippen molar-refractivity contribution in [2.24, 2.45) is 5.73 Å². The fraction of sp³-hybridized carbons (Fsp3) is 0. The number of hydrogen-bond acceptors (Lipinski definition) is 2. The topological polar surface area (TPSA) is 49.8 Å². The maximum absolute atomic E-state index is 9.07. The van der Waals surface area contributed by atoms with Crippen molar-refractivity contribution < 1.29 is 0 Å². The Hall–Kier alpha value is -3.57. The first-order valence-corrected chi connectivity index (χ1v) is 8.09. The van der Waals surface area contributed by atoms with Crippen LogP contribution in [0, 0.1) is 11.3 Å². The first-order valence-electron chi connectivity index (χ1n) is 8.09. The molecule has 4 aromatic carbocycles. The summed E-state index contributed by atoms with van der Waals surface area (Å²) < 4.78 is 0. The minimum absolute atomic E-state index is 0.568. The van der Waals surface area contributed by atoms with Crippen LogP contribution in [0.25, 0.3) is 38.4 Å². The van der Waals surface area contributed by atoms with Gasteiger partial charge in [-0.25, -0.2) is 0 Å². The van der Waals surface area contributed by atoms with Crippen molar-refractivity contribution >= 4 is 27.2 Å². The second kappa shape index (κ2) is 5.81. The van der Waals surface area contributed by atoms with E-state index in [1.165, 1.54) is 0 Å². The zero-order valence-corrected chi connectivity index (χ0v) is 13.7. The molecule has 25 heavy (non-hydrogen) atoms. The molecule has 0 aromatic heterocycles. The molecule has 0 aliphatic heterocycles. The minimum atomic E-state index is 0.568. The molecule has 2 nitrogen and oxygen atoms in total. The van der Waals surface area contributed by atoms with Crippen LogP contribution in [0.2, 0.25) is 0 Å². The van der Waals surface area contributed by atoms with Gasteiger partial charge >= 0.3 is 0 Å². The molecule has 0 fully saturated rings. The predicted octanol–water partition coefficient (Wildman–Crippen LogP) is 5.46. The lowest BCUT2D eigenvalue weighted by Crippen LogP contribution is -1.98. The Kier molecular flexibility index (Phi) is 3.48. The lowest BCUT2D eigenvalue weighted by atomic mass is 9.87. The summed E-state index contributed by atoms with van der Waals surface area (Å²) in [6.07, 6.45) is 0. The van der Waals surface area contributed by atoms with E-state index in [-0.39, 0.29) is 0 Å². The Labute approximate surface area is 146 Å². The van der Waals surface area contributed by atoms with Gasteiger partial charge in [0.2, 0.25) is 0 Å². The molecule has 0 saturated carbocycles. The summed E-state index contributed by atoms with van der Waals surface area (Å²) in [6.45, 7) is 3.99. The summed E-state index contributed by atoms with van der Waals surface area (Å²) in [5, 5.41) is 13.5. The van der Waals surface area contributed by atoms with Gasteiger partial charge in [0.05, 0.1) is 11.6 Å². The van der Waals surface area contributed by atoms with E-state index in [9.17, 15) is 0 Å². The van der Waals surface area contributed by atoms with Crippen molar-refractivity contribution in [2.75, 3.05) is 0 Å². The number of fused-ring (bicyclic) bond motifs is 2. The second-order valence-corrected chi connectivity index (χ2v) is 6.06. The molecule has 4 aromatic rings. The average Bonchev–Trinajstić information content (AvgIpc) is 2.65. The van der Waals surface area contributed by atoms with Gasteiger partial charge in [-0.2, -0.15) is 5.26 Å². The molecular weight excluding hydrogens is 304 g/mol. The van der Waals surface area contributed by atoms with Gasteiger partial charge in [0, 0.05) is 11.3 Å². The quantitative estimate of drug-likeness (QED) is 0.498. The first kappa shape index (κ1) is 15.0. The van der Waals surface area contributed by atoms with Crippen molar-refractivity contribution in [3.05, 3.63) is 90.5 Å². The minimum Gasteiger partial charge on any atom is -0.399 e. The average molecular weight is 320 g/mol. The van der Waals surface area contributed by atoms with Crippen molar-refractivity contribution in [1.82, 2.24) is 0 Å². The Morgan fingerprint density at radius 1 is 0.760 bits per heavy atom. The van der Waals surface area contributed by atoms with Crippen LogP contribution in [0.4, 0.5) is 0 Å². The number of rotatable bonds is 2. The zero-order valence-electron chi connectivity index (χ0n) is 13.7. The van der Waals surface area contributed by atoms with E-state index in [1.54, 1.807) is 0 Å². The van der Waals surface area contributed by atoms with Crippen LogP contribution in [-0.4, -0.2) is 0 Å². The van der Waals surface area contributed by atoms with Crippen LogP contribution in [0.1, 0.15) is 11.1 Å². The highest BCUT2D eigenvalue weighted by Crippen LogP contribution is 2.40. The van der Waals surface area contributed by atoms with Gasteiger partial charge < -0.3 is 5.73 Å². The van der Waals surface area contributed by atoms with Gasteiger partial charge in [0.25, 0.3) is 0 Å². The van der Waals surface area contributed by atoms with Gasteiger partial charge in [0.15, 0.2) is 0 Å². The fourth-order valence-corrected chi connectivity index (χ4v) is 3.50. The first-order chi connectivity index (χ1) is 12.2. The molecular formula is C23H16N2. The Morgan fingerprint density at radius 3 is 1.68 bits per heavy atom. The van der Waals surface area contributed by atoms with E-state index >= 15 is 0 Å². The molecule has 0 unspecified atom stereocenters. The van der Waals surface area contributed by atoms with Crippen LogP contribution < -0.4 is 5.73 Å². The molecule has 4 rings (SSSR count). The van der Waals surface area contributed by atoms with Gasteiger partial charge in [-0.1, -0.05) is 67.2 Å². The van der Waals surface area contributed by atoms with Crippen LogP contribution in [0.3, 0.4) is 0 Å². The lowest BCUT2D eigenvalue weighted by Gasteiger charge is -2.17. The number of benzene rings is 4. The predicted molar refractivity (Wildman–Crippen MR) is 105 cm³/mol. The van der Waals surface area contributed by atoms with Crippen LogP contribution >= 0.6 is 0 Å². The Balaban J connectivity index is 2.21. The molecule has 0 radical (unpaired) electrons. The van der Waals surface area contributed by atoms with E-state index in [4.69, 9.17) is 11.0 Å². The summed E-state index contributed by atoms with van der Waals surface area (Å²) in [6, 6.07) is 26.4. The van der Waals surface area contributed by atoms with Gasteiger partial charge in [0.1, 0.15) is 0 Å². The van der Waals surface area contributed by atoms with Gasteiger partial charge in [-0.15, -0.1) is 0 Å². The normalized spacial score (nSPS) is 10.7. The Bertz CT molecular complexity index is 1110. The largest absolute Gasteiger partial charge is 0.399 e. The fourth-order valence-electron chi connectivity index (χ4n) is 3.50. The maximum Gasteiger partial charge on any atom is 0.0991 e. The smallest absolute Gasteiger partial charge is 0.0991 e. The van der Waals surface area contributed by atoms with Crippen molar-refractivity contribution in [3.63, 3.8) is 0 Å². The monoisotopic (exact) mass is 320 g/mol. The molecule has 0 bridgehead atoms. The molecule has 2 heteroatoms. The van der Waals surface area contributed by atoms with Crippen LogP contribution in [0.5, 0.6) is 0 Å². The summed E-state index contributed by atoms with van der Waals surface area (Å²) in [5.74, 6) is 0. The van der Waals surface area contributed by atoms with E-state index in [0.717, 1.165) is 38.2 Å². The molecule has 0 saturated heterocycles. The number of nitrogens with zero attached hydrogens (tertiary/aromatic N) is 1. The summed E-state index contributed by atoms with van der Waals surface area (Å²) in [5.41, 5.74) is 10.6. The molecule has 0 heterocycles. The zero-order chi connectivity index (χ0) is 17.4. The molecule has 0 atom stereocenters. The standard InChI is InChI=1S/C23H16N2/c1-15(25)22-18-6-2-4-8-20(18)23(21-9-5-3-7-19(21)22)17-12-10-16(14-24)11-13-17/h2-13H,1,25H2. The van der Waals surface area contributed by atoms with Crippen LogP contribution in [-0.2, 0) is 0 Å². The van der Waals surface area contributed by atoms with E-state index < -0.39 is 0 Å². The summed E-state index contributed by atoms with van der Waals surface area (Å²) in [4.78, 5) is 0. The number of hydrogen-bond donors (Lipinski definition) is 1. The molecule has 0 aliphatic rings. The SMILES string of the molecule is C=C(N)c1c2ccccc2c(-c2ccc(C#N)cc2)c2ccccc12. The van der Waals surface area contributed by atoms with Crippen LogP contribution in [0.15, 0.2) is 79.4 Å². The molecule has 0 amide bonds. The summed E-state index contributed by atoms with van der Waals surface area (Å²) >= 11 is 0. The van der Waals surface area contributed by atoms with Crippen molar-refractivity contribution in [2.45, 2.75) is 0 Å². The molecule has 118 valence electrons. The highest BCUT2D eigenvalue weighted by atomic mass is 14.6. The lowest BCUT2D eigenvalue weighted by molar-refractivity contribution is 1.48. The second-order valence-electron chi connectivity index (χ2n) is 6.06. The number of nitriles is 1. The molecule has 2 N–H and O–H groups in total. The van der Waals surface area contributed by atoms with E-state index in [0.29, 0.717) is 11.3 Å². The van der Waals surface area contributed by atoms with E-state index in [1.807, 2.05) is 48.5 Å². The van der Waals surface area contributed by atoms with Crippen molar-refractivity contribution in [3.8, 4) is 17.2 Å². The third-order valence-corrected chi connectivity index (χ3v) is 4.56. The number of nitrogens with two attached hydrogens (primary N) is 1. The third-order valence-electron chi connectivity index (χ3n) is 4.56. The molecule has 0 aliphatic carbocycles. The van der Waals surface area contributed by atoms with Crippen molar-refractivity contribution in [1.29, 1.82) is 5.26 Å².